The van der Waals surface area contributed by atoms with Crippen LogP contribution < -0.4 is 0 Å². The number of piperidine rings is 1. The molecular formula is C14H23NO4. The molecule has 5 nitrogen and oxygen atoms in total. The molecular weight excluding hydrogens is 246 g/mol. The Morgan fingerprint density at radius 2 is 1.63 bits per heavy atom. The molecule has 2 aliphatic rings. The first-order valence-corrected chi connectivity index (χ1v) is 6.91. The minimum atomic E-state index is -0.469. The molecule has 1 saturated carbocycles. The second-order valence-electron chi connectivity index (χ2n) is 6.56. The van der Waals surface area contributed by atoms with Crippen LogP contribution in [0.15, 0.2) is 0 Å². The zero-order valence-electron chi connectivity index (χ0n) is 12.1. The van der Waals surface area contributed by atoms with Crippen molar-refractivity contribution < 1.29 is 19.1 Å². The molecule has 2 atom stereocenters. The van der Waals surface area contributed by atoms with Gasteiger partial charge in [-0.05, 0) is 33.6 Å². The van der Waals surface area contributed by atoms with Crippen molar-refractivity contribution in [2.75, 3.05) is 13.1 Å². The highest BCUT2D eigenvalue weighted by atomic mass is 16.6. The van der Waals surface area contributed by atoms with Gasteiger partial charge >= 0.3 is 12.1 Å². The topological polar surface area (TPSA) is 55.8 Å². The summed E-state index contributed by atoms with van der Waals surface area (Å²) in [7, 11) is 0. The number of carbonyl (C=O) groups excluding carboxylic acids is 2. The van der Waals surface area contributed by atoms with Crippen LogP contribution in [0, 0.1) is 11.8 Å². The quantitative estimate of drug-likeness (QED) is 0.685. The summed E-state index contributed by atoms with van der Waals surface area (Å²) in [4.78, 5) is 24.9. The average molecular weight is 269 g/mol. The number of fused-ring (bicyclic) bond motifs is 2. The van der Waals surface area contributed by atoms with E-state index in [0.717, 1.165) is 12.8 Å². The predicted octanol–water partition coefficient (Wildman–Crippen LogP) is 2.20. The Balaban J connectivity index is 1.96. The highest BCUT2D eigenvalue weighted by molar-refractivity contribution is 5.69. The molecule has 1 amide bonds. The van der Waals surface area contributed by atoms with Gasteiger partial charge in [0.25, 0.3) is 0 Å². The number of amides is 1. The third-order valence-corrected chi connectivity index (χ3v) is 3.70. The standard InChI is InChI=1S/C14H23NO4/c1-9(16)18-12-10-5-6-11(12)8-15(7-10)13(17)19-14(2,3)4/h10-12H,5-8H2,1-4H3. The van der Waals surface area contributed by atoms with Crippen LogP contribution in [0.3, 0.4) is 0 Å². The molecule has 0 spiro atoms. The fraction of sp³-hybridized carbons (Fsp3) is 0.857. The molecule has 1 heterocycles. The first-order chi connectivity index (χ1) is 8.76. The Morgan fingerprint density at radius 1 is 1.11 bits per heavy atom. The fourth-order valence-electron chi connectivity index (χ4n) is 3.03. The summed E-state index contributed by atoms with van der Waals surface area (Å²) in [5, 5.41) is 0. The highest BCUT2D eigenvalue weighted by Gasteiger charge is 2.45. The van der Waals surface area contributed by atoms with Gasteiger partial charge in [-0.25, -0.2) is 4.79 Å². The third-order valence-electron chi connectivity index (χ3n) is 3.70. The van der Waals surface area contributed by atoms with E-state index in [9.17, 15) is 9.59 Å². The molecule has 1 aliphatic heterocycles. The maximum Gasteiger partial charge on any atom is 0.410 e. The molecule has 0 aromatic rings. The smallest absolute Gasteiger partial charge is 0.410 e. The van der Waals surface area contributed by atoms with Crippen LogP contribution in [-0.2, 0) is 14.3 Å². The van der Waals surface area contributed by atoms with Crippen LogP contribution >= 0.6 is 0 Å². The zero-order chi connectivity index (χ0) is 14.2. The zero-order valence-corrected chi connectivity index (χ0v) is 12.1. The monoisotopic (exact) mass is 269 g/mol. The van der Waals surface area contributed by atoms with Gasteiger partial charge in [-0.15, -0.1) is 0 Å². The Kier molecular flexibility index (Phi) is 3.74. The van der Waals surface area contributed by atoms with E-state index in [1.165, 1.54) is 6.92 Å². The van der Waals surface area contributed by atoms with Crippen LogP contribution in [0.25, 0.3) is 0 Å². The van der Waals surface area contributed by atoms with Gasteiger partial charge in [-0.1, -0.05) is 0 Å². The number of likely N-dealkylation sites (tertiary alicyclic amines) is 1. The Morgan fingerprint density at radius 3 is 2.05 bits per heavy atom. The average Bonchev–Trinajstić information content (AvgIpc) is 2.48. The fourth-order valence-corrected chi connectivity index (χ4v) is 3.03. The first-order valence-electron chi connectivity index (χ1n) is 6.91. The molecule has 1 aliphatic carbocycles. The Bertz CT molecular complexity index is 360. The van der Waals surface area contributed by atoms with E-state index in [4.69, 9.17) is 9.47 Å². The van der Waals surface area contributed by atoms with E-state index in [0.29, 0.717) is 13.1 Å². The molecule has 1 saturated heterocycles. The van der Waals surface area contributed by atoms with Crippen LogP contribution in [-0.4, -0.2) is 41.8 Å². The maximum absolute atomic E-state index is 12.1. The molecule has 2 bridgehead atoms. The number of carbonyl (C=O) groups is 2. The SMILES string of the molecule is CC(=O)OC1C2CCC1CN(C(=O)OC(C)(C)C)C2. The van der Waals surface area contributed by atoms with Gasteiger partial charge in [0, 0.05) is 31.8 Å². The summed E-state index contributed by atoms with van der Waals surface area (Å²) >= 11 is 0. The minimum Gasteiger partial charge on any atom is -0.462 e. The molecule has 0 radical (unpaired) electrons. The van der Waals surface area contributed by atoms with Gasteiger partial charge in [0.15, 0.2) is 0 Å². The minimum absolute atomic E-state index is 0.0174. The van der Waals surface area contributed by atoms with Gasteiger partial charge in [-0.3, -0.25) is 4.79 Å². The van der Waals surface area contributed by atoms with Crippen molar-refractivity contribution >= 4 is 12.1 Å². The third kappa shape index (κ3) is 3.39. The molecule has 19 heavy (non-hydrogen) atoms. The van der Waals surface area contributed by atoms with Gasteiger partial charge in [0.2, 0.25) is 0 Å². The maximum atomic E-state index is 12.1. The summed E-state index contributed by atoms with van der Waals surface area (Å²) in [5.74, 6) is 0.290. The highest BCUT2D eigenvalue weighted by Crippen LogP contribution is 2.39. The van der Waals surface area contributed by atoms with Crippen LogP contribution in [0.4, 0.5) is 4.79 Å². The first kappa shape index (κ1) is 14.2. The predicted molar refractivity (Wildman–Crippen MR) is 69.6 cm³/mol. The van der Waals surface area contributed by atoms with Crippen molar-refractivity contribution in [1.82, 2.24) is 4.90 Å². The van der Waals surface area contributed by atoms with Crippen molar-refractivity contribution in [3.8, 4) is 0 Å². The van der Waals surface area contributed by atoms with Crippen molar-refractivity contribution in [1.29, 1.82) is 0 Å². The van der Waals surface area contributed by atoms with Crippen molar-refractivity contribution in [3.63, 3.8) is 0 Å². The van der Waals surface area contributed by atoms with Crippen LogP contribution in [0.2, 0.25) is 0 Å². The molecule has 0 aromatic heterocycles. The lowest BCUT2D eigenvalue weighted by Gasteiger charge is -2.37. The van der Waals surface area contributed by atoms with Gasteiger partial charge in [0.1, 0.15) is 11.7 Å². The van der Waals surface area contributed by atoms with Crippen molar-refractivity contribution in [2.45, 2.75) is 52.2 Å². The van der Waals surface area contributed by atoms with Crippen molar-refractivity contribution in [2.24, 2.45) is 11.8 Å². The number of hydrogen-bond donors (Lipinski definition) is 0. The lowest BCUT2D eigenvalue weighted by molar-refractivity contribution is -0.153. The largest absolute Gasteiger partial charge is 0.462 e. The van der Waals surface area contributed by atoms with E-state index in [1.807, 2.05) is 20.8 Å². The molecule has 108 valence electrons. The lowest BCUT2D eigenvalue weighted by atomic mass is 9.95. The summed E-state index contributed by atoms with van der Waals surface area (Å²) in [6.07, 6.45) is 1.76. The van der Waals surface area contributed by atoms with E-state index < -0.39 is 5.60 Å². The molecule has 5 heteroatoms. The van der Waals surface area contributed by atoms with Crippen LogP contribution in [0.1, 0.15) is 40.5 Å². The molecule has 0 N–H and O–H groups in total. The Hall–Kier alpha value is -1.26. The lowest BCUT2D eigenvalue weighted by Crippen LogP contribution is -2.50. The summed E-state index contributed by atoms with van der Waals surface area (Å²) in [5.41, 5.74) is -0.469. The summed E-state index contributed by atoms with van der Waals surface area (Å²) in [6.45, 7) is 8.30. The normalized spacial score (nSPS) is 30.1. The number of ether oxygens (including phenoxy) is 2. The number of hydrogen-bond acceptors (Lipinski definition) is 4. The summed E-state index contributed by atoms with van der Waals surface area (Å²) < 4.78 is 10.8. The van der Waals surface area contributed by atoms with E-state index >= 15 is 0 Å². The number of rotatable bonds is 1. The van der Waals surface area contributed by atoms with E-state index in [1.54, 1.807) is 4.90 Å². The second-order valence-corrected chi connectivity index (χ2v) is 6.56. The molecule has 2 rings (SSSR count). The van der Waals surface area contributed by atoms with Crippen molar-refractivity contribution in [3.05, 3.63) is 0 Å². The Labute approximate surface area is 114 Å². The van der Waals surface area contributed by atoms with Gasteiger partial charge in [-0.2, -0.15) is 0 Å². The molecule has 2 fully saturated rings. The molecule has 2 unspecified atom stereocenters. The van der Waals surface area contributed by atoms with Gasteiger partial charge < -0.3 is 14.4 Å². The van der Waals surface area contributed by atoms with Gasteiger partial charge in [0.05, 0.1) is 0 Å². The number of nitrogens with zero attached hydrogens (tertiary/aromatic N) is 1. The molecule has 0 aromatic carbocycles. The van der Waals surface area contributed by atoms with Crippen LogP contribution in [0.5, 0.6) is 0 Å². The second kappa shape index (κ2) is 5.02. The van der Waals surface area contributed by atoms with E-state index in [-0.39, 0.29) is 30.0 Å². The van der Waals surface area contributed by atoms with E-state index in [2.05, 4.69) is 0 Å². The summed E-state index contributed by atoms with van der Waals surface area (Å²) in [6, 6.07) is 0. The number of esters is 1.